The number of nitrogens with two attached hydrogens (primary N) is 1. The second-order valence-electron chi connectivity index (χ2n) is 9.78. The molecule has 0 saturated carbocycles. The maximum absolute atomic E-state index is 14.2. The second-order valence-corrected chi connectivity index (χ2v) is 10.7. The number of primary amides is 1. The lowest BCUT2D eigenvalue weighted by Gasteiger charge is -2.30. The summed E-state index contributed by atoms with van der Waals surface area (Å²) >= 11 is 1.32. The van der Waals surface area contributed by atoms with Gasteiger partial charge in [-0.25, -0.2) is 9.18 Å². The van der Waals surface area contributed by atoms with Gasteiger partial charge < -0.3 is 20.4 Å². The van der Waals surface area contributed by atoms with Crippen molar-refractivity contribution < 1.29 is 28.1 Å². The Hall–Kier alpha value is -4.84. The first-order chi connectivity index (χ1) is 19.6. The van der Waals surface area contributed by atoms with Gasteiger partial charge in [-0.15, -0.1) is 11.3 Å². The minimum atomic E-state index is -1.32. The molecule has 3 amide bonds. The van der Waals surface area contributed by atoms with E-state index >= 15 is 0 Å². The molecule has 2 aromatic heterocycles. The van der Waals surface area contributed by atoms with Gasteiger partial charge in [-0.2, -0.15) is 0 Å². The molecule has 0 bridgehead atoms. The molecule has 3 N–H and O–H groups in total. The molecule has 0 radical (unpaired) electrons. The van der Waals surface area contributed by atoms with Crippen LogP contribution in [0.4, 0.5) is 20.6 Å². The summed E-state index contributed by atoms with van der Waals surface area (Å²) in [4.78, 5) is 54.4. The number of nitro groups is 1. The molecule has 210 valence electrons. The molecule has 41 heavy (non-hydrogen) atoms. The smallest absolute Gasteiger partial charge is 0.323 e. The number of amides is 3. The highest BCUT2D eigenvalue weighted by molar-refractivity contribution is 7.10. The van der Waals surface area contributed by atoms with Crippen LogP contribution in [-0.4, -0.2) is 33.6 Å². The topological polar surface area (TPSA) is 149 Å². The number of anilines is 1. The van der Waals surface area contributed by atoms with Gasteiger partial charge in [0.2, 0.25) is 11.7 Å². The molecular formula is C29H25FN4O6S. The third-order valence-corrected chi connectivity index (χ3v) is 8.32. The molecule has 1 fully saturated rings. The van der Waals surface area contributed by atoms with E-state index in [1.54, 1.807) is 19.1 Å². The number of rotatable bonds is 7. The van der Waals surface area contributed by atoms with Gasteiger partial charge in [-0.1, -0.05) is 12.1 Å². The molecule has 4 aromatic rings. The van der Waals surface area contributed by atoms with Crippen molar-refractivity contribution in [2.75, 3.05) is 5.32 Å². The molecule has 0 aliphatic carbocycles. The van der Waals surface area contributed by atoms with Gasteiger partial charge in [0.25, 0.3) is 5.69 Å². The van der Waals surface area contributed by atoms with Gasteiger partial charge in [-0.3, -0.25) is 19.7 Å². The summed E-state index contributed by atoms with van der Waals surface area (Å²) in [5.74, 6) is -3.36. The quantitative estimate of drug-likeness (QED) is 0.163. The second kappa shape index (κ2) is 11.0. The molecule has 0 spiro atoms. The molecule has 4 atom stereocenters. The van der Waals surface area contributed by atoms with E-state index in [1.165, 1.54) is 52.6 Å². The van der Waals surface area contributed by atoms with Crippen LogP contribution in [0.1, 0.15) is 44.3 Å². The van der Waals surface area contributed by atoms with Crippen LogP contribution in [0, 0.1) is 35.7 Å². The number of carbonyl (C=O) groups excluding carboxylic acids is 3. The van der Waals surface area contributed by atoms with Crippen molar-refractivity contribution in [3.8, 4) is 0 Å². The van der Waals surface area contributed by atoms with E-state index in [-0.39, 0.29) is 22.7 Å². The lowest BCUT2D eigenvalue weighted by Crippen LogP contribution is -2.48. The maximum atomic E-state index is 14.2. The summed E-state index contributed by atoms with van der Waals surface area (Å²) in [6, 6.07) is 12.3. The number of urea groups is 1. The SMILES string of the molecule is Cc1ccc(C(=O)C2C(c3sccc3C)C(C(N)=O)N(C(=O)Nc3ccc(F)cc3)C2c2cccc([N+](=O)[O-])c2)o1. The molecule has 4 unspecified atom stereocenters. The fourth-order valence-electron chi connectivity index (χ4n) is 5.46. The van der Waals surface area contributed by atoms with Gasteiger partial charge in [0, 0.05) is 28.6 Å². The minimum absolute atomic E-state index is 0.0196. The van der Waals surface area contributed by atoms with Crippen LogP contribution in [0.15, 0.2) is 76.5 Å². The Kier molecular flexibility index (Phi) is 7.41. The first-order valence-corrected chi connectivity index (χ1v) is 13.5. The number of Topliss-reactive ketones (excluding diaryl/α,β-unsaturated/α-hetero) is 1. The molecule has 1 aliphatic heterocycles. The predicted octanol–water partition coefficient (Wildman–Crippen LogP) is 5.73. The number of benzene rings is 2. The third kappa shape index (κ3) is 5.21. The lowest BCUT2D eigenvalue weighted by molar-refractivity contribution is -0.385. The van der Waals surface area contributed by atoms with E-state index in [0.717, 1.165) is 17.7 Å². The summed E-state index contributed by atoms with van der Waals surface area (Å²) in [5.41, 5.74) is 6.99. The molecule has 12 heteroatoms. The number of thiophene rings is 1. The van der Waals surface area contributed by atoms with Gasteiger partial charge in [0.1, 0.15) is 17.6 Å². The number of nitrogens with one attached hydrogen (secondary N) is 1. The van der Waals surface area contributed by atoms with Crippen molar-refractivity contribution in [3.05, 3.63) is 116 Å². The summed E-state index contributed by atoms with van der Waals surface area (Å²) in [7, 11) is 0. The monoisotopic (exact) mass is 576 g/mol. The van der Waals surface area contributed by atoms with Crippen molar-refractivity contribution in [2.24, 2.45) is 11.7 Å². The molecule has 10 nitrogen and oxygen atoms in total. The minimum Gasteiger partial charge on any atom is -0.458 e. The summed E-state index contributed by atoms with van der Waals surface area (Å²) in [6.45, 7) is 3.51. The summed E-state index contributed by atoms with van der Waals surface area (Å²) < 4.78 is 19.2. The molecule has 3 heterocycles. The molecule has 5 rings (SSSR count). The van der Waals surface area contributed by atoms with E-state index in [1.807, 2.05) is 18.4 Å². The Morgan fingerprint density at radius 1 is 1.07 bits per heavy atom. The van der Waals surface area contributed by atoms with Crippen molar-refractivity contribution in [3.63, 3.8) is 0 Å². The number of ketones is 1. The lowest BCUT2D eigenvalue weighted by atomic mass is 9.79. The van der Waals surface area contributed by atoms with Crippen LogP contribution >= 0.6 is 11.3 Å². The van der Waals surface area contributed by atoms with Crippen LogP contribution in [0.5, 0.6) is 0 Å². The number of nitro benzene ring substituents is 1. The largest absolute Gasteiger partial charge is 0.458 e. The summed E-state index contributed by atoms with van der Waals surface area (Å²) in [5, 5.41) is 16.2. The van der Waals surface area contributed by atoms with Crippen molar-refractivity contribution >= 4 is 40.4 Å². The first kappa shape index (κ1) is 27.7. The molecule has 2 aromatic carbocycles. The molecule has 1 aliphatic rings. The Bertz CT molecular complexity index is 1650. The Morgan fingerprint density at radius 2 is 1.80 bits per heavy atom. The third-order valence-electron chi connectivity index (χ3n) is 7.20. The number of furan rings is 1. The Morgan fingerprint density at radius 3 is 2.39 bits per heavy atom. The van der Waals surface area contributed by atoms with Crippen molar-refractivity contribution in [1.29, 1.82) is 0 Å². The highest BCUT2D eigenvalue weighted by atomic mass is 32.1. The number of carbonyl (C=O) groups is 3. The standard InChI is InChI=1S/C29H25FN4O6S/c1-15-12-13-41-27(15)23-22(26(35)21-11-6-16(2)40-21)24(17-4-3-5-20(14-17)34(38)39)33(25(23)28(31)36)29(37)32-19-9-7-18(30)8-10-19/h3-14,22-25H,1-2H3,(H2,31,36)(H,32,37). The number of hydrogen-bond acceptors (Lipinski definition) is 7. The average Bonchev–Trinajstić information content (AvgIpc) is 3.66. The van der Waals surface area contributed by atoms with E-state index in [9.17, 15) is 28.9 Å². The van der Waals surface area contributed by atoms with Gasteiger partial charge in [-0.05, 0) is 72.8 Å². The highest BCUT2D eigenvalue weighted by Crippen LogP contribution is 2.53. The van der Waals surface area contributed by atoms with Crippen molar-refractivity contribution in [1.82, 2.24) is 4.90 Å². The van der Waals surface area contributed by atoms with Crippen LogP contribution in [0.25, 0.3) is 0 Å². The molecule has 1 saturated heterocycles. The van der Waals surface area contributed by atoms with E-state index in [4.69, 9.17) is 10.2 Å². The van der Waals surface area contributed by atoms with Crippen LogP contribution in [-0.2, 0) is 4.79 Å². The maximum Gasteiger partial charge on any atom is 0.323 e. The van der Waals surface area contributed by atoms with Gasteiger partial charge >= 0.3 is 6.03 Å². The number of likely N-dealkylation sites (tertiary alicyclic amines) is 1. The average molecular weight is 577 g/mol. The fourth-order valence-corrected chi connectivity index (χ4v) is 6.57. The van der Waals surface area contributed by atoms with E-state index in [0.29, 0.717) is 10.6 Å². The Labute approximate surface area is 237 Å². The summed E-state index contributed by atoms with van der Waals surface area (Å²) in [6.07, 6.45) is 0. The van der Waals surface area contributed by atoms with Gasteiger partial charge in [0.05, 0.1) is 16.9 Å². The van der Waals surface area contributed by atoms with Gasteiger partial charge in [0.15, 0.2) is 5.76 Å². The van der Waals surface area contributed by atoms with Crippen LogP contribution in [0.2, 0.25) is 0 Å². The molecular weight excluding hydrogens is 551 g/mol. The number of non-ortho nitro benzene ring substituents is 1. The number of nitrogens with zero attached hydrogens (tertiary/aromatic N) is 2. The number of aryl methyl sites for hydroxylation is 2. The van der Waals surface area contributed by atoms with E-state index < -0.39 is 52.4 Å². The Balaban J connectivity index is 1.74. The zero-order chi connectivity index (χ0) is 29.4. The zero-order valence-corrected chi connectivity index (χ0v) is 22.8. The number of halogens is 1. The zero-order valence-electron chi connectivity index (χ0n) is 21.9. The van der Waals surface area contributed by atoms with Crippen LogP contribution < -0.4 is 11.1 Å². The van der Waals surface area contributed by atoms with Crippen LogP contribution in [0.3, 0.4) is 0 Å². The normalized spacial score (nSPS) is 20.1. The van der Waals surface area contributed by atoms with Crippen molar-refractivity contribution in [2.45, 2.75) is 31.8 Å². The van der Waals surface area contributed by atoms with E-state index in [2.05, 4.69) is 5.32 Å². The predicted molar refractivity (Wildman–Crippen MR) is 149 cm³/mol. The first-order valence-electron chi connectivity index (χ1n) is 12.6. The number of hydrogen-bond donors (Lipinski definition) is 2. The fraction of sp³-hybridized carbons (Fsp3) is 0.207. The highest BCUT2D eigenvalue weighted by Gasteiger charge is 2.58.